The number of hydrogen-bond donors (Lipinski definition) is 4. The minimum absolute atomic E-state index is 0.424. The Morgan fingerprint density at radius 3 is 2.42 bits per heavy atom. The van der Waals surface area contributed by atoms with Crippen LogP contribution in [0.5, 0.6) is 0 Å². The van der Waals surface area contributed by atoms with Crippen LogP contribution in [-0.4, -0.2) is 40.4 Å². The third-order valence-electron chi connectivity index (χ3n) is 2.42. The first kappa shape index (κ1) is 14.7. The fourth-order valence-electron chi connectivity index (χ4n) is 1.61. The molecule has 8 nitrogen and oxygen atoms in total. The van der Waals surface area contributed by atoms with Gasteiger partial charge in [-0.2, -0.15) is 0 Å². The minimum atomic E-state index is -1.82. The summed E-state index contributed by atoms with van der Waals surface area (Å²) in [5.41, 5.74) is 8.70. The number of nitrogens with zero attached hydrogens (tertiary/aromatic N) is 1. The Bertz CT molecular complexity index is 475. The molecule has 0 aromatic carbocycles. The first-order valence-corrected chi connectivity index (χ1v) is 5.51. The fourth-order valence-corrected chi connectivity index (χ4v) is 1.61. The molecule has 2 rings (SSSR count). The summed E-state index contributed by atoms with van der Waals surface area (Å²) in [6.07, 6.45) is 3.23. The van der Waals surface area contributed by atoms with Gasteiger partial charge in [0.2, 0.25) is 5.88 Å². The van der Waals surface area contributed by atoms with Gasteiger partial charge in [-0.15, -0.1) is 0 Å². The highest BCUT2D eigenvalue weighted by Gasteiger charge is 2.15. The maximum atomic E-state index is 9.10. The Morgan fingerprint density at radius 2 is 2.05 bits per heavy atom. The number of nitrogens with one attached hydrogen (secondary N) is 1. The number of anilines is 1. The number of rotatable bonds is 1. The van der Waals surface area contributed by atoms with Crippen LogP contribution in [0.4, 0.5) is 5.88 Å². The van der Waals surface area contributed by atoms with E-state index >= 15 is 0 Å². The smallest absolute Gasteiger partial charge is 0.414 e. The van der Waals surface area contributed by atoms with Crippen molar-refractivity contribution in [2.45, 2.75) is 13.3 Å². The lowest BCUT2D eigenvalue weighted by Gasteiger charge is -2.13. The third-order valence-corrected chi connectivity index (χ3v) is 2.42. The van der Waals surface area contributed by atoms with Crippen LogP contribution in [0.3, 0.4) is 0 Å². The number of carboxylic acid groups (broad SMARTS) is 2. The van der Waals surface area contributed by atoms with Crippen LogP contribution in [0, 0.1) is 6.92 Å². The topological polar surface area (TPSA) is 139 Å². The molecule has 1 aliphatic rings. The number of hydrogen-bond acceptors (Lipinski definition) is 6. The van der Waals surface area contributed by atoms with Crippen LogP contribution in [0.2, 0.25) is 0 Å². The summed E-state index contributed by atoms with van der Waals surface area (Å²) >= 11 is 0. The molecule has 0 radical (unpaired) electrons. The Balaban J connectivity index is 0.000000258. The zero-order valence-corrected chi connectivity index (χ0v) is 10.3. The van der Waals surface area contributed by atoms with Crippen LogP contribution in [0.1, 0.15) is 17.7 Å². The monoisotopic (exact) mass is 269 g/mol. The number of aromatic nitrogens is 1. The van der Waals surface area contributed by atoms with Crippen LogP contribution >= 0.6 is 0 Å². The van der Waals surface area contributed by atoms with E-state index in [4.69, 9.17) is 30.1 Å². The van der Waals surface area contributed by atoms with Crippen molar-refractivity contribution < 1.29 is 24.3 Å². The molecule has 0 amide bonds. The zero-order valence-electron chi connectivity index (χ0n) is 10.3. The van der Waals surface area contributed by atoms with Gasteiger partial charge in [-0.25, -0.2) is 9.59 Å². The lowest BCUT2D eigenvalue weighted by Crippen LogP contribution is -2.21. The fraction of sp³-hybridized carbons (Fsp3) is 0.364. The average Bonchev–Trinajstić information content (AvgIpc) is 2.71. The molecule has 19 heavy (non-hydrogen) atoms. The predicted molar refractivity (Wildman–Crippen MR) is 66.4 cm³/mol. The van der Waals surface area contributed by atoms with E-state index in [2.05, 4.69) is 16.5 Å². The summed E-state index contributed by atoms with van der Waals surface area (Å²) in [6.45, 7) is 3.80. The lowest BCUT2D eigenvalue weighted by molar-refractivity contribution is -0.159. The first-order valence-electron chi connectivity index (χ1n) is 5.51. The number of aryl methyl sites for hydroxylation is 1. The standard InChI is InChI=1S/C9H13N3O.C2H2O4/c1-6-8(9(10)13-12-6)7-3-2-4-11-5-7;3-1(4)2(5)6/h3,11H,2,4-5,10H2,1H3;(H,3,4)(H,5,6). The third kappa shape index (κ3) is 4.11. The van der Waals surface area contributed by atoms with Gasteiger partial charge >= 0.3 is 11.9 Å². The second kappa shape index (κ2) is 6.55. The summed E-state index contributed by atoms with van der Waals surface area (Å²) in [4.78, 5) is 18.2. The molecule has 0 unspecified atom stereocenters. The molecular weight excluding hydrogens is 254 g/mol. The van der Waals surface area contributed by atoms with Crippen molar-refractivity contribution in [3.05, 3.63) is 17.3 Å². The van der Waals surface area contributed by atoms with Gasteiger partial charge in [-0.05, 0) is 25.5 Å². The summed E-state index contributed by atoms with van der Waals surface area (Å²) in [6, 6.07) is 0. The van der Waals surface area contributed by atoms with E-state index in [0.717, 1.165) is 30.8 Å². The molecule has 0 bridgehead atoms. The lowest BCUT2D eigenvalue weighted by atomic mass is 10.0. The Hall–Kier alpha value is -2.35. The molecule has 0 atom stereocenters. The molecule has 1 aromatic heterocycles. The van der Waals surface area contributed by atoms with Crippen molar-refractivity contribution in [2.75, 3.05) is 18.8 Å². The number of carbonyl (C=O) groups is 2. The van der Waals surface area contributed by atoms with E-state index in [1.165, 1.54) is 5.57 Å². The molecule has 0 fully saturated rings. The maximum absolute atomic E-state index is 9.10. The average molecular weight is 269 g/mol. The molecule has 1 aliphatic heterocycles. The number of carboxylic acids is 2. The molecule has 0 spiro atoms. The molecule has 2 heterocycles. The molecular formula is C11H15N3O5. The van der Waals surface area contributed by atoms with Crippen molar-refractivity contribution >= 4 is 23.4 Å². The van der Waals surface area contributed by atoms with Crippen molar-refractivity contribution in [1.82, 2.24) is 10.5 Å². The van der Waals surface area contributed by atoms with Crippen LogP contribution in [0.25, 0.3) is 5.57 Å². The number of nitrogen functional groups attached to an aromatic ring is 1. The van der Waals surface area contributed by atoms with Crippen LogP contribution in [-0.2, 0) is 9.59 Å². The van der Waals surface area contributed by atoms with Gasteiger partial charge in [0.15, 0.2) is 0 Å². The number of aliphatic carboxylic acids is 2. The Kier molecular flexibility index (Phi) is 5.07. The maximum Gasteiger partial charge on any atom is 0.414 e. The molecule has 0 saturated carbocycles. The zero-order chi connectivity index (χ0) is 14.4. The predicted octanol–water partition coefficient (Wildman–Crippen LogP) is 0.0975. The van der Waals surface area contributed by atoms with Gasteiger partial charge < -0.3 is 25.8 Å². The quantitative estimate of drug-likeness (QED) is 0.526. The van der Waals surface area contributed by atoms with E-state index in [0.29, 0.717) is 5.88 Å². The molecule has 5 N–H and O–H groups in total. The second-order valence-electron chi connectivity index (χ2n) is 3.81. The van der Waals surface area contributed by atoms with Crippen LogP contribution < -0.4 is 11.1 Å². The Labute approximate surface area is 108 Å². The summed E-state index contributed by atoms with van der Waals surface area (Å²) < 4.78 is 4.91. The van der Waals surface area contributed by atoms with Gasteiger partial charge in [0, 0.05) is 6.54 Å². The first-order chi connectivity index (χ1) is 8.93. The highest BCUT2D eigenvalue weighted by molar-refractivity contribution is 6.27. The Morgan fingerprint density at radius 1 is 1.42 bits per heavy atom. The van der Waals surface area contributed by atoms with Gasteiger partial charge in [-0.1, -0.05) is 11.2 Å². The van der Waals surface area contributed by atoms with Gasteiger partial charge in [0.25, 0.3) is 0 Å². The second-order valence-corrected chi connectivity index (χ2v) is 3.81. The largest absolute Gasteiger partial charge is 0.473 e. The van der Waals surface area contributed by atoms with E-state index in [9.17, 15) is 0 Å². The molecule has 0 aliphatic carbocycles. The van der Waals surface area contributed by atoms with Crippen LogP contribution in [0.15, 0.2) is 10.6 Å². The van der Waals surface area contributed by atoms with Gasteiger partial charge in [0.05, 0.1) is 11.3 Å². The van der Waals surface area contributed by atoms with E-state index in [-0.39, 0.29) is 0 Å². The normalized spacial score (nSPS) is 14.1. The summed E-state index contributed by atoms with van der Waals surface area (Å²) in [7, 11) is 0. The van der Waals surface area contributed by atoms with Crippen molar-refractivity contribution in [3.63, 3.8) is 0 Å². The summed E-state index contributed by atoms with van der Waals surface area (Å²) in [5.74, 6) is -3.22. The minimum Gasteiger partial charge on any atom is -0.473 e. The highest BCUT2D eigenvalue weighted by atomic mass is 16.5. The van der Waals surface area contributed by atoms with Gasteiger partial charge in [0.1, 0.15) is 0 Å². The van der Waals surface area contributed by atoms with Gasteiger partial charge in [-0.3, -0.25) is 0 Å². The molecule has 0 saturated heterocycles. The SMILES string of the molecule is Cc1noc(N)c1C1=CCCNC1.O=C(O)C(=O)O. The number of nitrogens with two attached hydrogens (primary N) is 1. The molecule has 8 heteroatoms. The van der Waals surface area contributed by atoms with E-state index in [1.807, 2.05) is 6.92 Å². The van der Waals surface area contributed by atoms with E-state index in [1.54, 1.807) is 0 Å². The van der Waals surface area contributed by atoms with Crippen molar-refractivity contribution in [1.29, 1.82) is 0 Å². The van der Waals surface area contributed by atoms with Crippen molar-refractivity contribution in [3.8, 4) is 0 Å². The van der Waals surface area contributed by atoms with E-state index < -0.39 is 11.9 Å². The summed E-state index contributed by atoms with van der Waals surface area (Å²) in [5, 5.41) is 21.9. The van der Waals surface area contributed by atoms with Crippen molar-refractivity contribution in [2.24, 2.45) is 0 Å². The molecule has 104 valence electrons. The molecule has 1 aromatic rings. The highest BCUT2D eigenvalue weighted by Crippen LogP contribution is 2.25.